The highest BCUT2D eigenvalue weighted by atomic mass is 32.1. The zero-order valence-electron chi connectivity index (χ0n) is 16.4. The number of fused-ring (bicyclic) bond motifs is 2. The standard InChI is InChI=1S/C22H17N5O3S/c1-27-17-8-4-5-12(19(17)20(29)26-22(27)30)9-18(28)25-21-24-16(11-31-21)14-10-23-15-7-3-2-6-13(14)15/h2-8,10-11,23H,9H2,1H3,(H,24,25,28)(H,26,29,30). The molecular formula is C22H17N5O3S. The SMILES string of the molecule is Cn1c(=O)[nH]c(=O)c2c(CC(=O)Nc3nc(-c4c[nH]c5ccccc45)cs3)cccc21. The Bertz CT molecular complexity index is 1570. The van der Waals surface area contributed by atoms with E-state index in [0.29, 0.717) is 21.6 Å². The van der Waals surface area contributed by atoms with Crippen LogP contribution in [0.15, 0.2) is 63.6 Å². The van der Waals surface area contributed by atoms with E-state index in [1.54, 1.807) is 25.2 Å². The van der Waals surface area contributed by atoms with E-state index in [4.69, 9.17) is 0 Å². The summed E-state index contributed by atoms with van der Waals surface area (Å²) < 4.78 is 1.35. The third-order valence-corrected chi connectivity index (χ3v) is 5.97. The Labute approximate surface area is 179 Å². The number of carbonyl (C=O) groups excluding carboxylic acids is 1. The van der Waals surface area contributed by atoms with Gasteiger partial charge in [0.2, 0.25) is 5.91 Å². The van der Waals surface area contributed by atoms with Gasteiger partial charge in [-0.05, 0) is 17.7 Å². The fraction of sp³-hybridized carbons (Fsp3) is 0.0909. The molecule has 0 aliphatic rings. The Hall–Kier alpha value is -3.98. The molecule has 5 aromatic rings. The Morgan fingerprint density at radius 2 is 2.00 bits per heavy atom. The maximum Gasteiger partial charge on any atom is 0.328 e. The van der Waals surface area contributed by atoms with Crippen molar-refractivity contribution < 1.29 is 4.79 Å². The highest BCUT2D eigenvalue weighted by Crippen LogP contribution is 2.31. The lowest BCUT2D eigenvalue weighted by Gasteiger charge is -2.08. The van der Waals surface area contributed by atoms with Crippen LogP contribution in [0.4, 0.5) is 5.13 Å². The number of aromatic amines is 2. The molecule has 0 aliphatic carbocycles. The van der Waals surface area contributed by atoms with E-state index in [0.717, 1.165) is 22.2 Å². The van der Waals surface area contributed by atoms with Crippen LogP contribution in [-0.4, -0.2) is 25.4 Å². The van der Waals surface area contributed by atoms with Crippen LogP contribution < -0.4 is 16.6 Å². The summed E-state index contributed by atoms with van der Waals surface area (Å²) in [6, 6.07) is 13.1. The minimum absolute atomic E-state index is 0.0133. The quantitative estimate of drug-likeness (QED) is 0.406. The maximum atomic E-state index is 12.7. The predicted octanol–water partition coefficient (Wildman–Crippen LogP) is 3.01. The molecule has 0 saturated carbocycles. The number of H-pyrrole nitrogens is 2. The zero-order valence-corrected chi connectivity index (χ0v) is 17.2. The average molecular weight is 431 g/mol. The van der Waals surface area contributed by atoms with Crippen molar-refractivity contribution in [2.75, 3.05) is 5.32 Å². The van der Waals surface area contributed by atoms with Crippen LogP contribution in [0, 0.1) is 0 Å². The van der Waals surface area contributed by atoms with Crippen molar-refractivity contribution in [3.05, 3.63) is 80.4 Å². The van der Waals surface area contributed by atoms with E-state index >= 15 is 0 Å². The van der Waals surface area contributed by atoms with Crippen LogP contribution >= 0.6 is 11.3 Å². The molecule has 0 bridgehead atoms. The summed E-state index contributed by atoms with van der Waals surface area (Å²) in [5.74, 6) is -0.291. The molecule has 0 radical (unpaired) electrons. The molecule has 0 aliphatic heterocycles. The summed E-state index contributed by atoms with van der Waals surface area (Å²) in [4.78, 5) is 46.9. The number of para-hydroxylation sites is 1. The molecule has 154 valence electrons. The molecule has 8 nitrogen and oxygen atoms in total. The highest BCUT2D eigenvalue weighted by Gasteiger charge is 2.15. The average Bonchev–Trinajstić information content (AvgIpc) is 3.38. The minimum Gasteiger partial charge on any atom is -0.360 e. The van der Waals surface area contributed by atoms with Crippen molar-refractivity contribution in [3.8, 4) is 11.3 Å². The van der Waals surface area contributed by atoms with Gasteiger partial charge >= 0.3 is 5.69 Å². The Morgan fingerprint density at radius 3 is 2.87 bits per heavy atom. The molecule has 0 unspecified atom stereocenters. The number of thiazole rings is 1. The fourth-order valence-corrected chi connectivity index (χ4v) is 4.43. The number of rotatable bonds is 4. The molecule has 3 aromatic heterocycles. The lowest BCUT2D eigenvalue weighted by Crippen LogP contribution is -2.29. The number of benzene rings is 2. The number of aryl methyl sites for hydroxylation is 1. The number of anilines is 1. The van der Waals surface area contributed by atoms with E-state index in [1.807, 2.05) is 35.8 Å². The van der Waals surface area contributed by atoms with Gasteiger partial charge in [0, 0.05) is 35.1 Å². The molecule has 5 rings (SSSR count). The molecule has 0 spiro atoms. The molecular weight excluding hydrogens is 414 g/mol. The second-order valence-corrected chi connectivity index (χ2v) is 8.00. The summed E-state index contributed by atoms with van der Waals surface area (Å²) in [6.07, 6.45) is 1.89. The van der Waals surface area contributed by atoms with Crippen LogP contribution in [0.5, 0.6) is 0 Å². The molecule has 31 heavy (non-hydrogen) atoms. The topological polar surface area (TPSA) is 113 Å². The maximum absolute atomic E-state index is 12.7. The molecule has 3 heterocycles. The summed E-state index contributed by atoms with van der Waals surface area (Å²) in [6.45, 7) is 0. The summed E-state index contributed by atoms with van der Waals surface area (Å²) in [7, 11) is 1.58. The largest absolute Gasteiger partial charge is 0.360 e. The van der Waals surface area contributed by atoms with Gasteiger partial charge in [0.1, 0.15) is 0 Å². The first-order valence-corrected chi connectivity index (χ1v) is 10.4. The van der Waals surface area contributed by atoms with Gasteiger partial charge in [-0.15, -0.1) is 11.3 Å². The number of nitrogens with one attached hydrogen (secondary N) is 3. The summed E-state index contributed by atoms with van der Waals surface area (Å²) >= 11 is 1.34. The van der Waals surface area contributed by atoms with Crippen molar-refractivity contribution in [2.24, 2.45) is 7.05 Å². The zero-order chi connectivity index (χ0) is 21.5. The molecule has 2 aromatic carbocycles. The van der Waals surface area contributed by atoms with E-state index in [-0.39, 0.29) is 12.3 Å². The molecule has 1 amide bonds. The van der Waals surface area contributed by atoms with Crippen LogP contribution in [-0.2, 0) is 18.3 Å². The van der Waals surface area contributed by atoms with Crippen molar-refractivity contribution >= 4 is 44.2 Å². The molecule has 9 heteroatoms. The van der Waals surface area contributed by atoms with Gasteiger partial charge in [-0.2, -0.15) is 0 Å². The first kappa shape index (κ1) is 19.0. The minimum atomic E-state index is -0.502. The van der Waals surface area contributed by atoms with E-state index in [1.165, 1.54) is 15.9 Å². The lowest BCUT2D eigenvalue weighted by atomic mass is 10.1. The monoisotopic (exact) mass is 431 g/mol. The normalized spacial score (nSPS) is 11.3. The fourth-order valence-electron chi connectivity index (χ4n) is 3.70. The molecule has 0 fully saturated rings. The van der Waals surface area contributed by atoms with Crippen LogP contribution in [0.25, 0.3) is 33.1 Å². The lowest BCUT2D eigenvalue weighted by molar-refractivity contribution is -0.115. The second-order valence-electron chi connectivity index (χ2n) is 7.14. The number of amides is 1. The van der Waals surface area contributed by atoms with Crippen LogP contribution in [0.2, 0.25) is 0 Å². The van der Waals surface area contributed by atoms with Gasteiger partial charge in [-0.1, -0.05) is 30.3 Å². The van der Waals surface area contributed by atoms with Gasteiger partial charge in [0.25, 0.3) is 5.56 Å². The van der Waals surface area contributed by atoms with Gasteiger partial charge < -0.3 is 10.3 Å². The summed E-state index contributed by atoms with van der Waals surface area (Å²) in [5.41, 5.74) is 2.79. The predicted molar refractivity (Wildman–Crippen MR) is 122 cm³/mol. The second kappa shape index (κ2) is 7.37. The van der Waals surface area contributed by atoms with Crippen molar-refractivity contribution in [2.45, 2.75) is 6.42 Å². The third kappa shape index (κ3) is 3.34. The van der Waals surface area contributed by atoms with E-state index < -0.39 is 11.2 Å². The molecule has 0 atom stereocenters. The van der Waals surface area contributed by atoms with Crippen molar-refractivity contribution in [1.29, 1.82) is 0 Å². The van der Waals surface area contributed by atoms with Gasteiger partial charge in [-0.3, -0.25) is 19.1 Å². The number of carbonyl (C=O) groups is 1. The third-order valence-electron chi connectivity index (χ3n) is 5.21. The number of hydrogen-bond acceptors (Lipinski definition) is 5. The van der Waals surface area contributed by atoms with E-state index in [2.05, 4.69) is 20.3 Å². The Balaban J connectivity index is 1.41. The van der Waals surface area contributed by atoms with Crippen LogP contribution in [0.3, 0.4) is 0 Å². The molecule has 0 saturated heterocycles. The van der Waals surface area contributed by atoms with Gasteiger partial charge in [0.15, 0.2) is 5.13 Å². The molecule has 3 N–H and O–H groups in total. The van der Waals surface area contributed by atoms with Crippen LogP contribution in [0.1, 0.15) is 5.56 Å². The number of hydrogen-bond donors (Lipinski definition) is 3. The van der Waals surface area contributed by atoms with Gasteiger partial charge in [0.05, 0.1) is 23.0 Å². The number of nitrogens with zero attached hydrogens (tertiary/aromatic N) is 2. The smallest absolute Gasteiger partial charge is 0.328 e. The van der Waals surface area contributed by atoms with Gasteiger partial charge in [-0.25, -0.2) is 9.78 Å². The van der Waals surface area contributed by atoms with Crippen molar-refractivity contribution in [1.82, 2.24) is 19.5 Å². The highest BCUT2D eigenvalue weighted by molar-refractivity contribution is 7.14. The number of aromatic nitrogens is 4. The first-order chi connectivity index (χ1) is 15.0. The van der Waals surface area contributed by atoms with Crippen molar-refractivity contribution in [3.63, 3.8) is 0 Å². The Kier molecular flexibility index (Phi) is 4.52. The van der Waals surface area contributed by atoms with E-state index in [9.17, 15) is 14.4 Å². The Morgan fingerprint density at radius 1 is 1.16 bits per heavy atom. The first-order valence-electron chi connectivity index (χ1n) is 9.54. The summed E-state index contributed by atoms with van der Waals surface area (Å²) in [5, 5.41) is 6.57.